The number of rotatable bonds is 1. The molecule has 3 N–H and O–H groups in total. The molecule has 4 aromatic rings. The predicted molar refractivity (Wildman–Crippen MR) is 137 cm³/mol. The maximum Gasteiger partial charge on any atom is 0.491 e. The third-order valence-corrected chi connectivity index (χ3v) is 6.88. The Morgan fingerprint density at radius 2 is 1.14 bits per heavy atom. The summed E-state index contributed by atoms with van der Waals surface area (Å²) in [5.74, 6) is -0.938. The Hall–Kier alpha value is -1.84. The maximum atomic E-state index is 12.9. The molecule has 0 saturated carbocycles. The van der Waals surface area contributed by atoms with Gasteiger partial charge in [0.2, 0.25) is 0 Å². The van der Waals surface area contributed by atoms with Crippen molar-refractivity contribution in [1.82, 2.24) is 9.97 Å². The molecule has 0 bridgehead atoms. The minimum absolute atomic E-state index is 0. The lowest BCUT2D eigenvalue weighted by molar-refractivity contribution is -0.142. The van der Waals surface area contributed by atoms with Gasteiger partial charge in [0.05, 0.1) is 25.6 Å². The molecule has 4 rings (SSSR count). The molecule has 37 heavy (non-hydrogen) atoms. The molecule has 2 aromatic carbocycles. The number of hydrogen-bond acceptors (Lipinski definition) is 5. The number of hydrogen-bond donors (Lipinski definition) is 3. The SMILES string of the molecule is C.OB(O)c1c(C(F)(F)F)nc2c(Cl)cccc2c1Br.Oc1c(C(F)(F)F)nc2c(Cl)cccc2c1Br. The van der Waals surface area contributed by atoms with Crippen LogP contribution in [-0.2, 0) is 12.4 Å². The largest absolute Gasteiger partial charge is 0.505 e. The highest BCUT2D eigenvalue weighted by Crippen LogP contribution is 2.42. The molecule has 0 atom stereocenters. The van der Waals surface area contributed by atoms with Gasteiger partial charge in [-0.2, -0.15) is 26.3 Å². The van der Waals surface area contributed by atoms with E-state index < -0.39 is 42.1 Å². The van der Waals surface area contributed by atoms with Crippen molar-refractivity contribution in [3.63, 3.8) is 0 Å². The number of nitrogens with zero attached hydrogens (tertiary/aromatic N) is 2. The first-order chi connectivity index (χ1) is 16.6. The lowest BCUT2D eigenvalue weighted by Gasteiger charge is -2.15. The smallest absolute Gasteiger partial charge is 0.491 e. The highest BCUT2D eigenvalue weighted by molar-refractivity contribution is 9.11. The average Bonchev–Trinajstić information content (AvgIpc) is 2.76. The van der Waals surface area contributed by atoms with E-state index in [4.69, 9.17) is 33.2 Å². The first-order valence-electron chi connectivity index (χ1n) is 9.30. The van der Waals surface area contributed by atoms with E-state index in [1.54, 1.807) is 6.07 Å². The molecule has 0 aliphatic rings. The Balaban J connectivity index is 0.000000255. The van der Waals surface area contributed by atoms with E-state index in [0.717, 1.165) is 0 Å². The number of pyridine rings is 2. The molecule has 16 heteroatoms. The van der Waals surface area contributed by atoms with E-state index in [-0.39, 0.29) is 42.8 Å². The summed E-state index contributed by atoms with van der Waals surface area (Å²) >= 11 is 17.4. The van der Waals surface area contributed by atoms with E-state index >= 15 is 0 Å². The van der Waals surface area contributed by atoms with Crippen LogP contribution in [0.3, 0.4) is 0 Å². The van der Waals surface area contributed by atoms with Crippen molar-refractivity contribution in [2.24, 2.45) is 0 Å². The summed E-state index contributed by atoms with van der Waals surface area (Å²) in [5, 5.41) is 28.4. The lowest BCUT2D eigenvalue weighted by atomic mass is 9.78. The van der Waals surface area contributed by atoms with Crippen LogP contribution in [0.4, 0.5) is 26.3 Å². The summed E-state index contributed by atoms with van der Waals surface area (Å²) in [6.07, 6.45) is -9.56. The van der Waals surface area contributed by atoms with Gasteiger partial charge in [0.1, 0.15) is 5.69 Å². The van der Waals surface area contributed by atoms with Gasteiger partial charge in [0, 0.05) is 20.7 Å². The number of alkyl halides is 6. The highest BCUT2D eigenvalue weighted by Gasteiger charge is 2.40. The highest BCUT2D eigenvalue weighted by atomic mass is 79.9. The second-order valence-electron chi connectivity index (χ2n) is 6.95. The first kappa shape index (κ1) is 31.4. The fraction of sp³-hybridized carbons (Fsp3) is 0.143. The van der Waals surface area contributed by atoms with Gasteiger partial charge in [0.15, 0.2) is 11.4 Å². The van der Waals surface area contributed by atoms with Gasteiger partial charge >= 0.3 is 19.5 Å². The fourth-order valence-electron chi connectivity index (χ4n) is 3.08. The number of halogens is 10. The van der Waals surface area contributed by atoms with Crippen LogP contribution >= 0.6 is 55.1 Å². The van der Waals surface area contributed by atoms with Crippen LogP contribution in [0.15, 0.2) is 45.3 Å². The van der Waals surface area contributed by atoms with Crippen molar-refractivity contribution >= 4 is 89.4 Å². The molecule has 0 aliphatic heterocycles. The van der Waals surface area contributed by atoms with Crippen LogP contribution in [0, 0.1) is 0 Å². The minimum Gasteiger partial charge on any atom is -0.505 e. The molecule has 2 heterocycles. The van der Waals surface area contributed by atoms with Gasteiger partial charge in [-0.15, -0.1) is 0 Å². The van der Waals surface area contributed by atoms with Crippen LogP contribution in [-0.4, -0.2) is 32.2 Å². The lowest BCUT2D eigenvalue weighted by Crippen LogP contribution is -2.38. The van der Waals surface area contributed by atoms with Crippen molar-refractivity contribution in [3.8, 4) is 5.75 Å². The van der Waals surface area contributed by atoms with Crippen LogP contribution in [0.25, 0.3) is 21.8 Å². The molecule has 0 radical (unpaired) electrons. The zero-order valence-electron chi connectivity index (χ0n) is 17.1. The molecule has 0 saturated heterocycles. The molecular formula is C21H13BBr2Cl2F6N2O3. The van der Waals surface area contributed by atoms with Gasteiger partial charge in [-0.3, -0.25) is 0 Å². The van der Waals surface area contributed by atoms with Crippen LogP contribution < -0.4 is 5.46 Å². The Kier molecular flexibility index (Phi) is 9.75. The second kappa shape index (κ2) is 11.5. The first-order valence-corrected chi connectivity index (χ1v) is 11.6. The van der Waals surface area contributed by atoms with E-state index in [1.807, 2.05) is 0 Å². The van der Waals surface area contributed by atoms with Gasteiger partial charge in [-0.1, -0.05) is 70.8 Å². The number of fused-ring (bicyclic) bond motifs is 2. The third-order valence-electron chi connectivity index (χ3n) is 4.61. The van der Waals surface area contributed by atoms with Crippen molar-refractivity contribution in [2.75, 3.05) is 0 Å². The number of aromatic nitrogens is 2. The number of para-hydroxylation sites is 2. The molecule has 0 amide bonds. The minimum atomic E-state index is -4.82. The Labute approximate surface area is 232 Å². The second-order valence-corrected chi connectivity index (χ2v) is 9.35. The molecule has 5 nitrogen and oxygen atoms in total. The van der Waals surface area contributed by atoms with Crippen LogP contribution in [0.2, 0.25) is 10.0 Å². The maximum absolute atomic E-state index is 12.9. The van der Waals surface area contributed by atoms with Crippen molar-refractivity contribution in [1.29, 1.82) is 0 Å². The number of benzene rings is 2. The molecule has 198 valence electrons. The zero-order valence-corrected chi connectivity index (χ0v) is 21.7. The topological polar surface area (TPSA) is 86.5 Å². The molecule has 0 fully saturated rings. The van der Waals surface area contributed by atoms with Crippen molar-refractivity contribution in [2.45, 2.75) is 19.8 Å². The van der Waals surface area contributed by atoms with E-state index in [0.29, 0.717) is 5.39 Å². The summed E-state index contributed by atoms with van der Waals surface area (Å²) in [5.41, 5.74) is -3.54. The zero-order chi connectivity index (χ0) is 27.2. The summed E-state index contributed by atoms with van der Waals surface area (Å²) < 4.78 is 76.3. The molecule has 2 aromatic heterocycles. The molecular weight excluding hydrogens is 684 g/mol. The Bertz CT molecular complexity index is 1470. The van der Waals surface area contributed by atoms with Crippen molar-refractivity contribution in [3.05, 3.63) is 66.8 Å². The van der Waals surface area contributed by atoms with E-state index in [2.05, 4.69) is 41.8 Å². The van der Waals surface area contributed by atoms with Gasteiger partial charge in [-0.25, -0.2) is 9.97 Å². The molecule has 0 unspecified atom stereocenters. The standard InChI is InChI=1S/C10H5BBrClF3NO2.C10H4BrClF3NO.CH4/c12-7-4-2-1-3-5(13)8(4)17-9(10(14,15)16)6(7)11(18)19;11-6-4-2-1-3-5(12)7(4)16-9(8(6)17)10(13,14)15;/h1-3,18-19H;1-3,17H;1H4. The fourth-order valence-corrected chi connectivity index (χ4v) is 4.73. The Morgan fingerprint density at radius 1 is 0.730 bits per heavy atom. The average molecular weight is 697 g/mol. The van der Waals surface area contributed by atoms with Gasteiger partial charge < -0.3 is 15.2 Å². The predicted octanol–water partition coefficient (Wildman–Crippen LogP) is 7.36. The summed E-state index contributed by atoms with van der Waals surface area (Å²) in [4.78, 5) is 6.79. The molecule has 0 aliphatic carbocycles. The monoisotopic (exact) mass is 694 g/mol. The van der Waals surface area contributed by atoms with Gasteiger partial charge in [0.25, 0.3) is 0 Å². The van der Waals surface area contributed by atoms with Crippen LogP contribution in [0.5, 0.6) is 5.75 Å². The van der Waals surface area contributed by atoms with Crippen LogP contribution in [0.1, 0.15) is 18.8 Å². The summed E-state index contributed by atoms with van der Waals surface area (Å²) in [6.45, 7) is 0. The third kappa shape index (κ3) is 6.43. The molecule has 0 spiro atoms. The van der Waals surface area contributed by atoms with E-state index in [1.165, 1.54) is 30.3 Å². The Morgan fingerprint density at radius 3 is 1.54 bits per heavy atom. The quantitative estimate of drug-likeness (QED) is 0.143. The van der Waals surface area contributed by atoms with Crippen molar-refractivity contribution < 1.29 is 41.5 Å². The number of aromatic hydroxyl groups is 1. The van der Waals surface area contributed by atoms with Gasteiger partial charge in [-0.05, 0) is 28.1 Å². The van der Waals surface area contributed by atoms with E-state index in [9.17, 15) is 31.4 Å². The summed E-state index contributed by atoms with van der Waals surface area (Å²) in [7, 11) is -2.30. The summed E-state index contributed by atoms with van der Waals surface area (Å²) in [6, 6.07) is 8.91. The normalized spacial score (nSPS) is 11.7.